The highest BCUT2D eigenvalue weighted by atomic mass is 35.5. The summed E-state index contributed by atoms with van der Waals surface area (Å²) in [6.45, 7) is 3.82. The number of nitrogens with one attached hydrogen (secondary N) is 1. The topological polar surface area (TPSA) is 38.3 Å². The molecule has 17 heavy (non-hydrogen) atoms. The summed E-state index contributed by atoms with van der Waals surface area (Å²) in [5, 5.41) is 3.11. The van der Waals surface area contributed by atoms with E-state index in [1.807, 2.05) is 24.3 Å². The first-order chi connectivity index (χ1) is 8.11. The van der Waals surface area contributed by atoms with Crippen LogP contribution in [0.3, 0.4) is 0 Å². The van der Waals surface area contributed by atoms with E-state index in [1.54, 1.807) is 7.11 Å². The third-order valence-electron chi connectivity index (χ3n) is 2.28. The van der Waals surface area contributed by atoms with Crippen LogP contribution in [0.2, 0.25) is 0 Å². The van der Waals surface area contributed by atoms with Crippen LogP contribution >= 0.6 is 11.6 Å². The Bertz CT molecular complexity index is 387. The second-order valence-electron chi connectivity index (χ2n) is 3.64. The molecular weight excluding hydrogens is 238 g/mol. The minimum Gasteiger partial charge on any atom is -0.497 e. The minimum atomic E-state index is -0.0254. The fourth-order valence-corrected chi connectivity index (χ4v) is 1.40. The van der Waals surface area contributed by atoms with E-state index in [2.05, 4.69) is 11.9 Å². The Hall–Kier alpha value is -1.48. The van der Waals surface area contributed by atoms with Crippen molar-refractivity contribution in [1.29, 1.82) is 0 Å². The molecule has 1 N–H and O–H groups in total. The minimum absolute atomic E-state index is 0.0254. The van der Waals surface area contributed by atoms with Crippen LogP contribution in [0.1, 0.15) is 12.0 Å². The first kappa shape index (κ1) is 13.6. The molecule has 0 atom stereocenters. The van der Waals surface area contributed by atoms with Gasteiger partial charge in [-0.25, -0.2) is 0 Å². The largest absolute Gasteiger partial charge is 0.497 e. The molecule has 0 aliphatic rings. The molecule has 0 saturated heterocycles. The molecule has 0 saturated carbocycles. The summed E-state index contributed by atoms with van der Waals surface area (Å²) in [5.74, 6) is 0.791. The van der Waals surface area contributed by atoms with Crippen molar-refractivity contribution in [1.82, 2.24) is 5.32 Å². The Balaban J connectivity index is 2.34. The number of ether oxygens (including phenoxy) is 1. The van der Waals surface area contributed by atoms with Gasteiger partial charge in [-0.2, -0.15) is 0 Å². The predicted molar refractivity (Wildman–Crippen MR) is 69.3 cm³/mol. The summed E-state index contributed by atoms with van der Waals surface area (Å²) in [7, 11) is 1.63. The van der Waals surface area contributed by atoms with Crippen LogP contribution in [0.15, 0.2) is 35.9 Å². The van der Waals surface area contributed by atoms with Gasteiger partial charge in [-0.1, -0.05) is 30.3 Å². The summed E-state index contributed by atoms with van der Waals surface area (Å²) in [6.07, 6.45) is 1.14. The van der Waals surface area contributed by atoms with Crippen molar-refractivity contribution in [2.75, 3.05) is 13.7 Å². The lowest BCUT2D eigenvalue weighted by Crippen LogP contribution is -2.24. The van der Waals surface area contributed by atoms with E-state index in [0.29, 0.717) is 24.4 Å². The van der Waals surface area contributed by atoms with E-state index in [1.165, 1.54) is 0 Å². The van der Waals surface area contributed by atoms with E-state index >= 15 is 0 Å². The van der Waals surface area contributed by atoms with Crippen molar-refractivity contribution < 1.29 is 9.53 Å². The van der Waals surface area contributed by atoms with Crippen LogP contribution in [0.4, 0.5) is 0 Å². The van der Waals surface area contributed by atoms with Crippen molar-refractivity contribution >= 4 is 17.5 Å². The first-order valence-electron chi connectivity index (χ1n) is 5.34. The van der Waals surface area contributed by atoms with E-state index < -0.39 is 0 Å². The standard InChI is InChI=1S/C13H16ClNO2/c1-10(14)9-15-13(16)8-5-11-3-6-12(17-2)7-4-11/h3-4,6-7H,1,5,8-9H2,2H3,(H,15,16). The summed E-state index contributed by atoms with van der Waals surface area (Å²) in [6, 6.07) is 7.67. The number of carbonyl (C=O) groups is 1. The van der Waals surface area contributed by atoms with Crippen LogP contribution < -0.4 is 10.1 Å². The van der Waals surface area contributed by atoms with Crippen molar-refractivity contribution in [2.24, 2.45) is 0 Å². The van der Waals surface area contributed by atoms with E-state index in [9.17, 15) is 4.79 Å². The van der Waals surface area contributed by atoms with Gasteiger partial charge in [0.05, 0.1) is 13.7 Å². The molecule has 92 valence electrons. The van der Waals surface area contributed by atoms with Gasteiger partial charge in [0.15, 0.2) is 0 Å². The summed E-state index contributed by atoms with van der Waals surface area (Å²) >= 11 is 5.55. The SMILES string of the molecule is C=C(Cl)CNC(=O)CCc1ccc(OC)cc1. The number of aryl methyl sites for hydroxylation is 1. The molecule has 0 fully saturated rings. The number of benzene rings is 1. The molecule has 0 radical (unpaired) electrons. The second-order valence-corrected chi connectivity index (χ2v) is 4.18. The average molecular weight is 254 g/mol. The summed E-state index contributed by atoms with van der Waals surface area (Å²) < 4.78 is 5.06. The molecule has 1 aromatic rings. The molecule has 0 spiro atoms. The zero-order chi connectivity index (χ0) is 12.7. The van der Waals surface area contributed by atoms with Gasteiger partial charge in [-0.3, -0.25) is 4.79 Å². The highest BCUT2D eigenvalue weighted by Crippen LogP contribution is 2.12. The number of amides is 1. The molecule has 0 aromatic heterocycles. The van der Waals surface area contributed by atoms with Gasteiger partial charge in [-0.15, -0.1) is 0 Å². The van der Waals surface area contributed by atoms with Crippen LogP contribution in [-0.2, 0) is 11.2 Å². The Labute approximate surface area is 106 Å². The average Bonchev–Trinajstić information content (AvgIpc) is 2.34. The Morgan fingerprint density at radius 3 is 2.59 bits per heavy atom. The maximum Gasteiger partial charge on any atom is 0.220 e. The van der Waals surface area contributed by atoms with Gasteiger partial charge < -0.3 is 10.1 Å². The summed E-state index contributed by atoms with van der Waals surface area (Å²) in [5.41, 5.74) is 1.10. The predicted octanol–water partition coefficient (Wildman–Crippen LogP) is 2.50. The lowest BCUT2D eigenvalue weighted by atomic mass is 10.1. The number of halogens is 1. The number of methoxy groups -OCH3 is 1. The normalized spacial score (nSPS) is 9.76. The fourth-order valence-electron chi connectivity index (χ4n) is 1.33. The van der Waals surface area contributed by atoms with Crippen LogP contribution in [0.5, 0.6) is 5.75 Å². The van der Waals surface area contributed by atoms with Gasteiger partial charge in [0.25, 0.3) is 0 Å². The molecule has 1 rings (SSSR count). The van der Waals surface area contributed by atoms with Crippen LogP contribution in [0, 0.1) is 0 Å². The molecule has 0 bridgehead atoms. The zero-order valence-electron chi connectivity index (χ0n) is 9.83. The van der Waals surface area contributed by atoms with Crippen LogP contribution in [-0.4, -0.2) is 19.6 Å². The fraction of sp³-hybridized carbons (Fsp3) is 0.308. The molecule has 0 heterocycles. The van der Waals surface area contributed by atoms with Gasteiger partial charge in [0.1, 0.15) is 5.75 Å². The molecule has 0 aliphatic carbocycles. The van der Waals surface area contributed by atoms with Crippen molar-refractivity contribution in [3.8, 4) is 5.75 Å². The van der Waals surface area contributed by atoms with Crippen molar-refractivity contribution in [2.45, 2.75) is 12.8 Å². The molecule has 0 unspecified atom stereocenters. The number of carbonyl (C=O) groups excluding carboxylic acids is 1. The van der Waals surface area contributed by atoms with Gasteiger partial charge in [-0.05, 0) is 24.1 Å². The smallest absolute Gasteiger partial charge is 0.220 e. The van der Waals surface area contributed by atoms with E-state index in [-0.39, 0.29) is 5.91 Å². The zero-order valence-corrected chi connectivity index (χ0v) is 10.6. The molecule has 3 nitrogen and oxygen atoms in total. The number of hydrogen-bond donors (Lipinski definition) is 1. The second kappa shape index (κ2) is 6.97. The monoisotopic (exact) mass is 253 g/mol. The first-order valence-corrected chi connectivity index (χ1v) is 5.72. The molecule has 1 amide bonds. The van der Waals surface area contributed by atoms with Crippen LogP contribution in [0.25, 0.3) is 0 Å². The third-order valence-corrected chi connectivity index (χ3v) is 2.41. The van der Waals surface area contributed by atoms with Crippen molar-refractivity contribution in [3.05, 3.63) is 41.4 Å². The molecule has 4 heteroatoms. The number of rotatable bonds is 6. The van der Waals surface area contributed by atoms with E-state index in [4.69, 9.17) is 16.3 Å². The van der Waals surface area contributed by atoms with E-state index in [0.717, 1.165) is 11.3 Å². The van der Waals surface area contributed by atoms with Crippen molar-refractivity contribution in [3.63, 3.8) is 0 Å². The highest BCUT2D eigenvalue weighted by molar-refractivity contribution is 6.29. The maximum atomic E-state index is 11.4. The van der Waals surface area contributed by atoms with Gasteiger partial charge in [0.2, 0.25) is 5.91 Å². The quantitative estimate of drug-likeness (QED) is 0.846. The Morgan fingerprint density at radius 1 is 1.41 bits per heavy atom. The lowest BCUT2D eigenvalue weighted by molar-refractivity contribution is -0.120. The Kier molecular flexibility index (Phi) is 5.57. The third kappa shape index (κ3) is 5.41. The lowest BCUT2D eigenvalue weighted by Gasteiger charge is -2.05. The summed E-state index contributed by atoms with van der Waals surface area (Å²) in [4.78, 5) is 11.4. The molecule has 0 aliphatic heterocycles. The van der Waals surface area contributed by atoms with Gasteiger partial charge in [0, 0.05) is 11.5 Å². The van der Waals surface area contributed by atoms with Gasteiger partial charge >= 0.3 is 0 Å². The molecule has 1 aromatic carbocycles. The highest BCUT2D eigenvalue weighted by Gasteiger charge is 2.02. The molecular formula is C13H16ClNO2. The number of hydrogen-bond acceptors (Lipinski definition) is 2. The Morgan fingerprint density at radius 2 is 2.06 bits per heavy atom. The maximum absolute atomic E-state index is 11.4.